The second-order valence-electron chi connectivity index (χ2n) is 6.77. The summed E-state index contributed by atoms with van der Waals surface area (Å²) in [7, 11) is 1.50. The number of hydrogen-bond donors (Lipinski definition) is 1. The summed E-state index contributed by atoms with van der Waals surface area (Å²) in [6.45, 7) is 0. The van der Waals surface area contributed by atoms with Gasteiger partial charge in [0.15, 0.2) is 11.6 Å². The second kappa shape index (κ2) is 6.35. The van der Waals surface area contributed by atoms with Crippen LogP contribution < -0.4 is 10.5 Å². The van der Waals surface area contributed by atoms with Gasteiger partial charge < -0.3 is 10.5 Å². The van der Waals surface area contributed by atoms with Crippen LogP contribution in [0.5, 0.6) is 5.75 Å². The topological polar surface area (TPSA) is 35.2 Å². The fourth-order valence-corrected chi connectivity index (χ4v) is 4.43. The Morgan fingerprint density at radius 2 is 1.90 bits per heavy atom. The van der Waals surface area contributed by atoms with Gasteiger partial charge in [-0.2, -0.15) is 0 Å². The van der Waals surface area contributed by atoms with E-state index in [0.29, 0.717) is 17.2 Å². The zero-order valence-corrected chi connectivity index (χ0v) is 12.9. The van der Waals surface area contributed by atoms with Crippen LogP contribution >= 0.6 is 0 Å². The predicted molar refractivity (Wildman–Crippen MR) is 82.7 cm³/mol. The third-order valence-electron chi connectivity index (χ3n) is 5.66. The van der Waals surface area contributed by atoms with Crippen LogP contribution in [-0.2, 0) is 0 Å². The van der Waals surface area contributed by atoms with Gasteiger partial charge in [-0.3, -0.25) is 0 Å². The summed E-state index contributed by atoms with van der Waals surface area (Å²) in [5, 5.41) is 0. The molecule has 2 aliphatic rings. The minimum absolute atomic E-state index is 0.206. The van der Waals surface area contributed by atoms with Gasteiger partial charge in [0.2, 0.25) is 0 Å². The number of benzene rings is 1. The first kappa shape index (κ1) is 14.8. The van der Waals surface area contributed by atoms with E-state index < -0.39 is 0 Å². The Balaban J connectivity index is 1.75. The van der Waals surface area contributed by atoms with Crippen molar-refractivity contribution in [2.45, 2.75) is 51.0 Å². The molecule has 1 aromatic rings. The Hall–Kier alpha value is -1.09. The number of methoxy groups -OCH3 is 1. The lowest BCUT2D eigenvalue weighted by Gasteiger charge is -2.41. The van der Waals surface area contributed by atoms with Crippen molar-refractivity contribution in [2.24, 2.45) is 23.5 Å². The third-order valence-corrected chi connectivity index (χ3v) is 5.66. The molecule has 0 heterocycles. The van der Waals surface area contributed by atoms with E-state index in [1.54, 1.807) is 6.07 Å². The zero-order valence-electron chi connectivity index (χ0n) is 12.9. The Morgan fingerprint density at radius 1 is 1.14 bits per heavy atom. The molecule has 2 saturated carbocycles. The Bertz CT molecular complexity index is 490. The molecule has 2 nitrogen and oxygen atoms in total. The maximum Gasteiger partial charge on any atom is 0.169 e. The molecular weight excluding hydrogens is 265 g/mol. The summed E-state index contributed by atoms with van der Waals surface area (Å²) in [5.41, 5.74) is 7.04. The van der Waals surface area contributed by atoms with E-state index in [2.05, 4.69) is 0 Å². The summed E-state index contributed by atoms with van der Waals surface area (Å²) in [6, 6.07) is 5.10. The smallest absolute Gasteiger partial charge is 0.169 e. The first-order valence-electron chi connectivity index (χ1n) is 8.28. The third kappa shape index (κ3) is 2.94. The molecule has 0 radical (unpaired) electrons. The summed E-state index contributed by atoms with van der Waals surface area (Å²) in [5.74, 6) is 2.15. The summed E-state index contributed by atoms with van der Waals surface area (Å²) in [4.78, 5) is 0. The highest BCUT2D eigenvalue weighted by molar-refractivity contribution is 5.33. The molecule has 2 fully saturated rings. The Labute approximate surface area is 126 Å². The van der Waals surface area contributed by atoms with Crippen molar-refractivity contribution in [2.75, 3.05) is 7.11 Å². The van der Waals surface area contributed by atoms with E-state index in [9.17, 15) is 4.39 Å². The van der Waals surface area contributed by atoms with Crippen LogP contribution in [0.1, 0.15) is 56.6 Å². The normalized spacial score (nSPS) is 30.5. The SMILES string of the molecule is COc1cccc(C(N)C2CCC3CCCCC3C2)c1F. The van der Waals surface area contributed by atoms with Crippen LogP contribution in [0.25, 0.3) is 0 Å². The lowest BCUT2D eigenvalue weighted by atomic mass is 9.65. The molecule has 3 rings (SSSR count). The molecular formula is C18H26FNO. The fraction of sp³-hybridized carbons (Fsp3) is 0.667. The molecule has 0 saturated heterocycles. The zero-order chi connectivity index (χ0) is 14.8. The van der Waals surface area contributed by atoms with Crippen LogP contribution in [0.2, 0.25) is 0 Å². The Morgan fingerprint density at radius 3 is 2.67 bits per heavy atom. The van der Waals surface area contributed by atoms with Crippen molar-refractivity contribution in [3.8, 4) is 5.75 Å². The number of halogens is 1. The van der Waals surface area contributed by atoms with Crippen LogP contribution in [0.3, 0.4) is 0 Å². The molecule has 1 aromatic carbocycles. The van der Waals surface area contributed by atoms with E-state index in [1.165, 1.54) is 45.6 Å². The van der Waals surface area contributed by atoms with Gasteiger partial charge in [-0.1, -0.05) is 37.8 Å². The van der Waals surface area contributed by atoms with Gasteiger partial charge >= 0.3 is 0 Å². The lowest BCUT2D eigenvalue weighted by molar-refractivity contribution is 0.116. The maximum atomic E-state index is 14.4. The second-order valence-corrected chi connectivity index (χ2v) is 6.77. The van der Waals surface area contributed by atoms with Crippen molar-refractivity contribution >= 4 is 0 Å². The van der Waals surface area contributed by atoms with Gasteiger partial charge in [0.05, 0.1) is 7.11 Å². The first-order chi connectivity index (χ1) is 10.2. The van der Waals surface area contributed by atoms with Crippen LogP contribution in [0.4, 0.5) is 4.39 Å². The molecule has 0 aliphatic heterocycles. The molecule has 21 heavy (non-hydrogen) atoms. The monoisotopic (exact) mass is 291 g/mol. The van der Waals surface area contributed by atoms with Gasteiger partial charge in [-0.05, 0) is 43.1 Å². The number of rotatable bonds is 3. The number of fused-ring (bicyclic) bond motifs is 1. The lowest BCUT2D eigenvalue weighted by Crippen LogP contribution is -2.33. The van der Waals surface area contributed by atoms with Gasteiger partial charge in [0, 0.05) is 11.6 Å². The van der Waals surface area contributed by atoms with Gasteiger partial charge in [0.1, 0.15) is 0 Å². The quantitative estimate of drug-likeness (QED) is 0.893. The molecule has 0 aromatic heterocycles. The summed E-state index contributed by atoms with van der Waals surface area (Å²) >= 11 is 0. The van der Waals surface area contributed by atoms with Crippen molar-refractivity contribution in [1.29, 1.82) is 0 Å². The Kier molecular flexibility index (Phi) is 4.48. The highest BCUT2D eigenvalue weighted by Gasteiger charge is 2.35. The van der Waals surface area contributed by atoms with Crippen molar-refractivity contribution in [1.82, 2.24) is 0 Å². The molecule has 2 N–H and O–H groups in total. The van der Waals surface area contributed by atoms with Crippen molar-refractivity contribution < 1.29 is 9.13 Å². The number of nitrogens with two attached hydrogens (primary N) is 1. The largest absolute Gasteiger partial charge is 0.494 e. The van der Waals surface area contributed by atoms with Crippen molar-refractivity contribution in [3.63, 3.8) is 0 Å². The summed E-state index contributed by atoms with van der Waals surface area (Å²) in [6.07, 6.45) is 9.06. The van der Waals surface area contributed by atoms with Crippen LogP contribution in [0.15, 0.2) is 18.2 Å². The minimum atomic E-state index is -0.279. The molecule has 0 spiro atoms. The molecule has 4 atom stereocenters. The first-order valence-corrected chi connectivity index (χ1v) is 8.28. The summed E-state index contributed by atoms with van der Waals surface area (Å²) < 4.78 is 19.5. The van der Waals surface area contributed by atoms with E-state index in [0.717, 1.165) is 18.3 Å². The van der Waals surface area contributed by atoms with Crippen molar-refractivity contribution in [3.05, 3.63) is 29.6 Å². The molecule has 0 bridgehead atoms. The van der Waals surface area contributed by atoms with Gasteiger partial charge in [0.25, 0.3) is 0 Å². The molecule has 2 aliphatic carbocycles. The van der Waals surface area contributed by atoms with Crippen LogP contribution in [-0.4, -0.2) is 7.11 Å². The van der Waals surface area contributed by atoms with E-state index in [4.69, 9.17) is 10.5 Å². The average Bonchev–Trinajstić information content (AvgIpc) is 2.54. The van der Waals surface area contributed by atoms with E-state index >= 15 is 0 Å². The number of hydrogen-bond acceptors (Lipinski definition) is 2. The van der Waals surface area contributed by atoms with E-state index in [1.807, 2.05) is 12.1 Å². The molecule has 4 unspecified atom stereocenters. The predicted octanol–water partition coefficient (Wildman–Crippen LogP) is 4.44. The number of ether oxygens (including phenoxy) is 1. The highest BCUT2D eigenvalue weighted by Crippen LogP contribution is 2.46. The molecule has 3 heteroatoms. The van der Waals surface area contributed by atoms with Gasteiger partial charge in [-0.25, -0.2) is 4.39 Å². The van der Waals surface area contributed by atoms with Crippen LogP contribution in [0, 0.1) is 23.6 Å². The van der Waals surface area contributed by atoms with Gasteiger partial charge in [-0.15, -0.1) is 0 Å². The highest BCUT2D eigenvalue weighted by atomic mass is 19.1. The maximum absolute atomic E-state index is 14.4. The fourth-order valence-electron chi connectivity index (χ4n) is 4.43. The molecule has 0 amide bonds. The van der Waals surface area contributed by atoms with E-state index in [-0.39, 0.29) is 11.9 Å². The molecule has 116 valence electrons. The minimum Gasteiger partial charge on any atom is -0.494 e. The average molecular weight is 291 g/mol. The standard InChI is InChI=1S/C18H26FNO/c1-21-16-8-4-7-15(17(16)19)18(20)14-10-9-12-5-2-3-6-13(12)11-14/h4,7-8,12-14,18H,2-3,5-6,9-11,20H2,1H3.